The molecule has 0 radical (unpaired) electrons. The van der Waals surface area contributed by atoms with Crippen molar-refractivity contribution in [3.8, 4) is 22.6 Å². The maximum Gasteiger partial charge on any atom is 0.0986 e. The molecule has 96 valence electrons. The first kappa shape index (κ1) is 12.2. The van der Waals surface area contributed by atoms with Gasteiger partial charge < -0.3 is 0 Å². The van der Waals surface area contributed by atoms with E-state index < -0.39 is 0 Å². The molecule has 0 saturated carbocycles. The normalized spacial score (nSPS) is 10.2. The minimum absolute atomic E-state index is 0.821. The molecule has 0 aliphatic heterocycles. The highest BCUT2D eigenvalue weighted by Crippen LogP contribution is 2.29. The standard InChI is InChI=1S/C17H13N3/c1-2-13-7-5-11-19-16(13)17-14(8-6-12-20-17)15-9-3-4-10-18-15/h2-12H,1H2. The first-order chi connectivity index (χ1) is 9.90. The van der Waals surface area contributed by atoms with Gasteiger partial charge in [0, 0.05) is 29.7 Å². The zero-order valence-corrected chi connectivity index (χ0v) is 10.9. The molecule has 0 aromatic carbocycles. The third kappa shape index (κ3) is 2.21. The van der Waals surface area contributed by atoms with Crippen LogP contribution in [0.25, 0.3) is 28.7 Å². The van der Waals surface area contributed by atoms with E-state index in [1.54, 1.807) is 24.7 Å². The first-order valence-corrected chi connectivity index (χ1v) is 6.34. The van der Waals surface area contributed by atoms with Crippen LogP contribution in [0.15, 0.2) is 67.6 Å². The van der Waals surface area contributed by atoms with Crippen molar-refractivity contribution in [3.63, 3.8) is 0 Å². The molecule has 3 rings (SSSR count). The van der Waals surface area contributed by atoms with Crippen LogP contribution in [0.1, 0.15) is 5.56 Å². The van der Waals surface area contributed by atoms with Crippen molar-refractivity contribution in [2.45, 2.75) is 0 Å². The molecule has 0 spiro atoms. The molecule has 0 saturated heterocycles. The van der Waals surface area contributed by atoms with Crippen LogP contribution in [0, 0.1) is 0 Å². The van der Waals surface area contributed by atoms with Crippen molar-refractivity contribution in [1.82, 2.24) is 15.0 Å². The fraction of sp³-hybridized carbons (Fsp3) is 0. The van der Waals surface area contributed by atoms with Gasteiger partial charge in [0.1, 0.15) is 0 Å². The van der Waals surface area contributed by atoms with Gasteiger partial charge in [-0.3, -0.25) is 15.0 Å². The molecule has 20 heavy (non-hydrogen) atoms. The predicted molar refractivity (Wildman–Crippen MR) is 80.8 cm³/mol. The summed E-state index contributed by atoms with van der Waals surface area (Å²) >= 11 is 0. The molecule has 0 bridgehead atoms. The van der Waals surface area contributed by atoms with Gasteiger partial charge in [-0.15, -0.1) is 0 Å². The molecule has 0 aliphatic carbocycles. The Kier molecular flexibility index (Phi) is 3.33. The summed E-state index contributed by atoms with van der Waals surface area (Å²) in [6.07, 6.45) is 7.10. The smallest absolute Gasteiger partial charge is 0.0986 e. The summed E-state index contributed by atoms with van der Waals surface area (Å²) in [5, 5.41) is 0. The lowest BCUT2D eigenvalue weighted by molar-refractivity contribution is 1.23. The van der Waals surface area contributed by atoms with Gasteiger partial charge in [0.15, 0.2) is 0 Å². The van der Waals surface area contributed by atoms with Gasteiger partial charge in [0.05, 0.1) is 17.1 Å². The second-order valence-electron chi connectivity index (χ2n) is 4.26. The van der Waals surface area contributed by atoms with E-state index in [4.69, 9.17) is 0 Å². The lowest BCUT2D eigenvalue weighted by Gasteiger charge is -2.09. The molecule has 3 nitrogen and oxygen atoms in total. The Hall–Kier alpha value is -2.81. The van der Waals surface area contributed by atoms with E-state index in [1.807, 2.05) is 42.5 Å². The molecule has 3 aromatic heterocycles. The Labute approximate surface area is 117 Å². The summed E-state index contributed by atoms with van der Waals surface area (Å²) in [5.74, 6) is 0. The number of rotatable bonds is 3. The minimum atomic E-state index is 0.821. The second kappa shape index (κ2) is 5.45. The second-order valence-corrected chi connectivity index (χ2v) is 4.26. The molecule has 3 aromatic rings. The van der Waals surface area contributed by atoms with Crippen molar-refractivity contribution >= 4 is 6.08 Å². The average molecular weight is 259 g/mol. The molecular weight excluding hydrogens is 246 g/mol. The third-order valence-electron chi connectivity index (χ3n) is 3.03. The van der Waals surface area contributed by atoms with Crippen molar-refractivity contribution in [1.29, 1.82) is 0 Å². The number of hydrogen-bond acceptors (Lipinski definition) is 3. The molecule has 0 aliphatic rings. The number of pyridine rings is 3. The Morgan fingerprint density at radius 2 is 1.50 bits per heavy atom. The molecule has 3 heteroatoms. The van der Waals surface area contributed by atoms with Crippen LogP contribution in [-0.4, -0.2) is 15.0 Å². The quantitative estimate of drug-likeness (QED) is 0.717. The highest BCUT2D eigenvalue weighted by atomic mass is 14.8. The number of nitrogens with zero attached hydrogens (tertiary/aromatic N) is 3. The third-order valence-corrected chi connectivity index (χ3v) is 3.03. The van der Waals surface area contributed by atoms with E-state index in [9.17, 15) is 0 Å². The van der Waals surface area contributed by atoms with Gasteiger partial charge in [0.25, 0.3) is 0 Å². The van der Waals surface area contributed by atoms with Gasteiger partial charge in [-0.25, -0.2) is 0 Å². The van der Waals surface area contributed by atoms with Crippen LogP contribution in [0.5, 0.6) is 0 Å². The summed E-state index contributed by atoms with van der Waals surface area (Å²) < 4.78 is 0. The maximum atomic E-state index is 4.48. The van der Waals surface area contributed by atoms with Crippen molar-refractivity contribution < 1.29 is 0 Å². The van der Waals surface area contributed by atoms with Crippen LogP contribution < -0.4 is 0 Å². The van der Waals surface area contributed by atoms with Crippen molar-refractivity contribution in [2.75, 3.05) is 0 Å². The topological polar surface area (TPSA) is 38.7 Å². The summed E-state index contributed by atoms with van der Waals surface area (Å²) in [7, 11) is 0. The lowest BCUT2D eigenvalue weighted by atomic mass is 10.0. The summed E-state index contributed by atoms with van der Waals surface area (Å²) in [4.78, 5) is 13.3. The van der Waals surface area contributed by atoms with Crippen LogP contribution in [0.3, 0.4) is 0 Å². The zero-order valence-electron chi connectivity index (χ0n) is 10.9. The SMILES string of the molecule is C=Cc1cccnc1-c1ncccc1-c1ccccn1. The molecule has 3 heterocycles. The van der Waals surface area contributed by atoms with E-state index in [0.717, 1.165) is 28.2 Å². The van der Waals surface area contributed by atoms with E-state index in [1.165, 1.54) is 0 Å². The number of hydrogen-bond donors (Lipinski definition) is 0. The zero-order chi connectivity index (χ0) is 13.8. The largest absolute Gasteiger partial charge is 0.256 e. The molecule has 0 N–H and O–H groups in total. The highest BCUT2D eigenvalue weighted by Gasteiger charge is 2.12. The Morgan fingerprint density at radius 3 is 2.25 bits per heavy atom. The molecule has 0 amide bonds. The maximum absolute atomic E-state index is 4.48. The van der Waals surface area contributed by atoms with Gasteiger partial charge in [-0.05, 0) is 30.3 Å². The highest BCUT2D eigenvalue weighted by molar-refractivity contribution is 5.81. The molecule has 0 atom stereocenters. The van der Waals surface area contributed by atoms with Crippen LogP contribution >= 0.6 is 0 Å². The Balaban J connectivity index is 2.23. The summed E-state index contributed by atoms with van der Waals surface area (Å²) in [6, 6.07) is 13.6. The monoisotopic (exact) mass is 259 g/mol. The molecule has 0 unspecified atom stereocenters. The first-order valence-electron chi connectivity index (χ1n) is 6.34. The Bertz CT molecular complexity index is 736. The minimum Gasteiger partial charge on any atom is -0.256 e. The fourth-order valence-electron chi connectivity index (χ4n) is 2.10. The average Bonchev–Trinajstić information content (AvgIpc) is 2.55. The van der Waals surface area contributed by atoms with E-state index in [0.29, 0.717) is 0 Å². The van der Waals surface area contributed by atoms with Gasteiger partial charge in [-0.1, -0.05) is 24.8 Å². The van der Waals surface area contributed by atoms with Crippen LogP contribution in [0.4, 0.5) is 0 Å². The van der Waals surface area contributed by atoms with E-state index >= 15 is 0 Å². The van der Waals surface area contributed by atoms with E-state index in [2.05, 4.69) is 21.5 Å². The molecule has 0 fully saturated rings. The molecular formula is C17H13N3. The summed E-state index contributed by atoms with van der Waals surface area (Å²) in [6.45, 7) is 3.84. The van der Waals surface area contributed by atoms with Gasteiger partial charge in [-0.2, -0.15) is 0 Å². The van der Waals surface area contributed by atoms with Gasteiger partial charge in [0.2, 0.25) is 0 Å². The van der Waals surface area contributed by atoms with Crippen LogP contribution in [-0.2, 0) is 0 Å². The number of aromatic nitrogens is 3. The van der Waals surface area contributed by atoms with E-state index in [-0.39, 0.29) is 0 Å². The van der Waals surface area contributed by atoms with Crippen molar-refractivity contribution in [2.24, 2.45) is 0 Å². The van der Waals surface area contributed by atoms with Crippen LogP contribution in [0.2, 0.25) is 0 Å². The lowest BCUT2D eigenvalue weighted by Crippen LogP contribution is -1.94. The van der Waals surface area contributed by atoms with Gasteiger partial charge >= 0.3 is 0 Å². The predicted octanol–water partition coefficient (Wildman–Crippen LogP) is 3.85. The Morgan fingerprint density at radius 1 is 0.750 bits per heavy atom. The van der Waals surface area contributed by atoms with Crippen molar-refractivity contribution in [3.05, 3.63) is 73.2 Å². The summed E-state index contributed by atoms with van der Waals surface area (Å²) in [5.41, 5.74) is 4.46. The fourth-order valence-corrected chi connectivity index (χ4v) is 2.10.